The second-order valence-electron chi connectivity index (χ2n) is 4.73. The predicted molar refractivity (Wildman–Crippen MR) is 63.9 cm³/mol. The highest BCUT2D eigenvalue weighted by atomic mass is 16.1. The van der Waals surface area contributed by atoms with Crippen LogP contribution in [0.3, 0.4) is 0 Å². The minimum Gasteiger partial charge on any atom is -0.303 e. The Balaban J connectivity index is 2.59. The highest BCUT2D eigenvalue weighted by Gasteiger charge is 2.02. The molecule has 1 aromatic carbocycles. The number of aldehydes is 1. The van der Waals surface area contributed by atoms with Crippen molar-refractivity contribution in [2.75, 3.05) is 0 Å². The summed E-state index contributed by atoms with van der Waals surface area (Å²) in [6, 6.07) is 8.62. The van der Waals surface area contributed by atoms with E-state index in [0.717, 1.165) is 19.1 Å². The van der Waals surface area contributed by atoms with E-state index >= 15 is 0 Å². The Bertz CT molecular complexity index is 298. The van der Waals surface area contributed by atoms with Gasteiger partial charge in [0.25, 0.3) is 0 Å². The minimum atomic E-state index is 0.126. The van der Waals surface area contributed by atoms with Crippen LogP contribution < -0.4 is 0 Å². The van der Waals surface area contributed by atoms with Crippen molar-refractivity contribution in [3.8, 4) is 0 Å². The van der Waals surface area contributed by atoms with E-state index in [1.807, 2.05) is 6.92 Å². The van der Waals surface area contributed by atoms with E-state index in [1.54, 1.807) is 0 Å². The van der Waals surface area contributed by atoms with E-state index in [-0.39, 0.29) is 5.92 Å². The number of benzene rings is 1. The molecule has 82 valence electrons. The van der Waals surface area contributed by atoms with Gasteiger partial charge in [0.2, 0.25) is 0 Å². The zero-order chi connectivity index (χ0) is 11.3. The Hall–Kier alpha value is -1.11. The molecule has 15 heavy (non-hydrogen) atoms. The summed E-state index contributed by atoms with van der Waals surface area (Å²) in [5.74, 6) is 0.825. The Kier molecular flexibility index (Phi) is 4.54. The molecule has 0 amide bonds. The van der Waals surface area contributed by atoms with Crippen LogP contribution in [-0.4, -0.2) is 6.29 Å². The normalized spacial score (nSPS) is 12.8. The SMILES string of the molecule is CC(C)Cc1ccc(C[C@@H](C)C=O)cc1. The summed E-state index contributed by atoms with van der Waals surface area (Å²) in [5, 5.41) is 0. The van der Waals surface area contributed by atoms with Crippen molar-refractivity contribution in [2.24, 2.45) is 11.8 Å². The van der Waals surface area contributed by atoms with Gasteiger partial charge in [-0.3, -0.25) is 0 Å². The Morgan fingerprint density at radius 3 is 1.87 bits per heavy atom. The summed E-state index contributed by atoms with van der Waals surface area (Å²) < 4.78 is 0. The molecule has 0 heterocycles. The van der Waals surface area contributed by atoms with Gasteiger partial charge in [0.05, 0.1) is 0 Å². The Labute approximate surface area is 92.5 Å². The molecule has 0 aliphatic rings. The second-order valence-corrected chi connectivity index (χ2v) is 4.73. The molecule has 0 saturated carbocycles. The van der Waals surface area contributed by atoms with Crippen molar-refractivity contribution >= 4 is 6.29 Å². The van der Waals surface area contributed by atoms with E-state index in [2.05, 4.69) is 38.1 Å². The van der Waals surface area contributed by atoms with Gasteiger partial charge in [-0.25, -0.2) is 0 Å². The Morgan fingerprint density at radius 1 is 1.00 bits per heavy atom. The molecule has 0 saturated heterocycles. The summed E-state index contributed by atoms with van der Waals surface area (Å²) in [6.07, 6.45) is 3.00. The van der Waals surface area contributed by atoms with E-state index in [9.17, 15) is 4.79 Å². The Morgan fingerprint density at radius 2 is 1.47 bits per heavy atom. The largest absolute Gasteiger partial charge is 0.303 e. The van der Waals surface area contributed by atoms with Crippen LogP contribution in [0, 0.1) is 11.8 Å². The van der Waals surface area contributed by atoms with Crippen molar-refractivity contribution < 1.29 is 4.79 Å². The van der Waals surface area contributed by atoms with Crippen LogP contribution >= 0.6 is 0 Å². The zero-order valence-electron chi connectivity index (χ0n) is 9.86. The van der Waals surface area contributed by atoms with Crippen LogP contribution in [0.25, 0.3) is 0 Å². The fourth-order valence-corrected chi connectivity index (χ4v) is 1.70. The first-order valence-corrected chi connectivity index (χ1v) is 5.65. The molecule has 0 N–H and O–H groups in total. The molecule has 1 heteroatoms. The number of rotatable bonds is 5. The topological polar surface area (TPSA) is 17.1 Å². The van der Waals surface area contributed by atoms with Gasteiger partial charge in [-0.1, -0.05) is 45.0 Å². The number of hydrogen-bond acceptors (Lipinski definition) is 1. The quantitative estimate of drug-likeness (QED) is 0.673. The molecule has 1 rings (SSSR count). The molecule has 0 aliphatic heterocycles. The van der Waals surface area contributed by atoms with E-state index in [0.29, 0.717) is 5.92 Å². The third-order valence-electron chi connectivity index (χ3n) is 2.46. The molecule has 1 nitrogen and oxygen atoms in total. The fraction of sp³-hybridized carbons (Fsp3) is 0.500. The lowest BCUT2D eigenvalue weighted by Gasteiger charge is -2.07. The molecule has 0 unspecified atom stereocenters. The smallest absolute Gasteiger partial charge is 0.123 e. The zero-order valence-corrected chi connectivity index (χ0v) is 9.86. The van der Waals surface area contributed by atoms with Gasteiger partial charge in [-0.05, 0) is 29.9 Å². The number of carbonyl (C=O) groups is 1. The van der Waals surface area contributed by atoms with Crippen LogP contribution in [0.5, 0.6) is 0 Å². The van der Waals surface area contributed by atoms with Crippen molar-refractivity contribution in [1.82, 2.24) is 0 Å². The van der Waals surface area contributed by atoms with Crippen molar-refractivity contribution in [1.29, 1.82) is 0 Å². The first-order chi connectivity index (χ1) is 7.11. The summed E-state index contributed by atoms with van der Waals surface area (Å²) in [6.45, 7) is 6.40. The summed E-state index contributed by atoms with van der Waals surface area (Å²) in [7, 11) is 0. The van der Waals surface area contributed by atoms with E-state index in [4.69, 9.17) is 0 Å². The van der Waals surface area contributed by atoms with Crippen LogP contribution in [0.15, 0.2) is 24.3 Å². The summed E-state index contributed by atoms with van der Waals surface area (Å²) in [4.78, 5) is 10.5. The molecule has 0 fully saturated rings. The second kappa shape index (κ2) is 5.69. The van der Waals surface area contributed by atoms with Gasteiger partial charge in [0, 0.05) is 5.92 Å². The lowest BCUT2D eigenvalue weighted by Crippen LogP contribution is -2.01. The molecule has 0 bridgehead atoms. The first-order valence-electron chi connectivity index (χ1n) is 5.65. The lowest BCUT2D eigenvalue weighted by molar-refractivity contribution is -0.110. The van der Waals surface area contributed by atoms with Gasteiger partial charge >= 0.3 is 0 Å². The summed E-state index contributed by atoms with van der Waals surface area (Å²) >= 11 is 0. The van der Waals surface area contributed by atoms with Crippen molar-refractivity contribution in [3.05, 3.63) is 35.4 Å². The maximum absolute atomic E-state index is 10.5. The number of carbonyl (C=O) groups excluding carboxylic acids is 1. The van der Waals surface area contributed by atoms with Gasteiger partial charge < -0.3 is 4.79 Å². The first kappa shape index (κ1) is 12.0. The van der Waals surface area contributed by atoms with Crippen molar-refractivity contribution in [3.63, 3.8) is 0 Å². The minimum absolute atomic E-state index is 0.126. The fourth-order valence-electron chi connectivity index (χ4n) is 1.70. The maximum Gasteiger partial charge on any atom is 0.123 e. The monoisotopic (exact) mass is 204 g/mol. The standard InChI is InChI=1S/C14H20O/c1-11(2)8-13-4-6-14(7-5-13)9-12(3)10-15/h4-7,10-12H,8-9H2,1-3H3/t12-/m1/s1. The molecular weight excluding hydrogens is 184 g/mol. The molecule has 0 spiro atoms. The van der Waals surface area contributed by atoms with Gasteiger partial charge in [-0.2, -0.15) is 0 Å². The summed E-state index contributed by atoms with van der Waals surface area (Å²) in [5.41, 5.74) is 2.63. The lowest BCUT2D eigenvalue weighted by atomic mass is 9.98. The molecule has 0 radical (unpaired) electrons. The molecule has 1 atom stereocenters. The van der Waals surface area contributed by atoms with E-state index in [1.165, 1.54) is 11.1 Å². The molecule has 0 aromatic heterocycles. The van der Waals surface area contributed by atoms with Crippen molar-refractivity contribution in [2.45, 2.75) is 33.6 Å². The van der Waals surface area contributed by atoms with Crippen LogP contribution in [0.2, 0.25) is 0 Å². The van der Waals surface area contributed by atoms with Gasteiger partial charge in [-0.15, -0.1) is 0 Å². The predicted octanol–water partition coefficient (Wildman–Crippen LogP) is 3.26. The third kappa shape index (κ3) is 4.28. The van der Waals surface area contributed by atoms with E-state index < -0.39 is 0 Å². The highest BCUT2D eigenvalue weighted by molar-refractivity contribution is 5.53. The van der Waals surface area contributed by atoms with Crippen LogP contribution in [0.4, 0.5) is 0 Å². The molecule has 0 aliphatic carbocycles. The molecule has 1 aromatic rings. The third-order valence-corrected chi connectivity index (χ3v) is 2.46. The maximum atomic E-state index is 10.5. The van der Waals surface area contributed by atoms with Gasteiger partial charge in [0.1, 0.15) is 6.29 Å². The molecular formula is C14H20O. The van der Waals surface area contributed by atoms with Crippen LogP contribution in [-0.2, 0) is 17.6 Å². The van der Waals surface area contributed by atoms with Crippen LogP contribution in [0.1, 0.15) is 31.9 Å². The average molecular weight is 204 g/mol. The highest BCUT2D eigenvalue weighted by Crippen LogP contribution is 2.12. The van der Waals surface area contributed by atoms with Gasteiger partial charge in [0.15, 0.2) is 0 Å². The average Bonchev–Trinajstić information content (AvgIpc) is 2.20. The number of hydrogen-bond donors (Lipinski definition) is 0.